The Labute approximate surface area is 109 Å². The summed E-state index contributed by atoms with van der Waals surface area (Å²) in [5.74, 6) is 0. The Morgan fingerprint density at radius 2 is 1.56 bits per heavy atom. The summed E-state index contributed by atoms with van der Waals surface area (Å²) >= 11 is -2.54. The van der Waals surface area contributed by atoms with Gasteiger partial charge in [-0.15, -0.1) is 0 Å². The van der Waals surface area contributed by atoms with Crippen LogP contribution in [0.1, 0.15) is 53.4 Å². The van der Waals surface area contributed by atoms with Crippen LogP contribution in [0.3, 0.4) is 0 Å². The molecule has 0 aromatic rings. The molecule has 0 unspecified atom stereocenters. The average Bonchev–Trinajstić information content (AvgIpc) is 2.20. The molecule has 0 aromatic heterocycles. The molecule has 96 valence electrons. The van der Waals surface area contributed by atoms with Gasteiger partial charge in [0.05, 0.1) is 0 Å². The molecule has 1 N–H and O–H groups in total. The molecule has 1 nitrogen and oxygen atoms in total. The van der Waals surface area contributed by atoms with Gasteiger partial charge in [0, 0.05) is 0 Å². The summed E-state index contributed by atoms with van der Waals surface area (Å²) in [7, 11) is 6.81. The molecule has 0 aliphatic heterocycles. The van der Waals surface area contributed by atoms with E-state index < -0.39 is 22.9 Å². The van der Waals surface area contributed by atoms with Crippen molar-refractivity contribution in [2.24, 2.45) is 0 Å². The van der Waals surface area contributed by atoms with Gasteiger partial charge in [0.1, 0.15) is 0 Å². The summed E-state index contributed by atoms with van der Waals surface area (Å²) in [5.41, 5.74) is -0.713. The van der Waals surface area contributed by atoms with Crippen molar-refractivity contribution < 1.29 is 5.11 Å². The van der Waals surface area contributed by atoms with Crippen molar-refractivity contribution in [2.75, 3.05) is 0 Å². The molecule has 0 atom stereocenters. The van der Waals surface area contributed by atoms with Gasteiger partial charge in [-0.05, 0) is 0 Å². The minimum atomic E-state index is -2.54. The molecule has 0 aliphatic rings. The Morgan fingerprint density at radius 3 is 1.88 bits per heavy atom. The van der Waals surface area contributed by atoms with Crippen LogP contribution in [-0.2, 0) is 0 Å². The predicted octanol–water partition coefficient (Wildman–Crippen LogP) is 4.64. The van der Waals surface area contributed by atoms with Crippen molar-refractivity contribution in [1.82, 2.24) is 0 Å². The first-order valence-corrected chi connectivity index (χ1v) is 15.7. The van der Waals surface area contributed by atoms with E-state index >= 15 is 0 Å². The van der Waals surface area contributed by atoms with E-state index in [1.54, 1.807) is 0 Å². The molecule has 0 rings (SSSR count). The first kappa shape index (κ1) is 16.8. The monoisotopic (exact) mass is 354 g/mol. The zero-order valence-electron chi connectivity index (χ0n) is 11.2. The molecular weight excluding hydrogens is 326 g/mol. The first-order valence-electron chi connectivity index (χ1n) is 6.44. The molecule has 0 heterocycles. The fraction of sp³-hybridized carbons (Fsp3) is 0.846. The molecular formula is C13H27ClOSn. The molecule has 0 aliphatic carbocycles. The number of hydrogen-bond donors (Lipinski definition) is 1. The zero-order chi connectivity index (χ0) is 12.7. The number of rotatable bonds is 8. The summed E-state index contributed by atoms with van der Waals surface area (Å²) in [4.78, 5) is 0. The summed E-state index contributed by atoms with van der Waals surface area (Å²) in [6.45, 7) is 8.05. The zero-order valence-corrected chi connectivity index (χ0v) is 14.8. The van der Waals surface area contributed by atoms with Crippen molar-refractivity contribution in [3.63, 3.8) is 0 Å². The van der Waals surface area contributed by atoms with Crippen LogP contribution in [0.5, 0.6) is 0 Å². The quantitative estimate of drug-likeness (QED) is 0.631. The molecule has 0 saturated carbocycles. The Balaban J connectivity index is 4.45. The van der Waals surface area contributed by atoms with Crippen LogP contribution in [0.4, 0.5) is 0 Å². The maximum absolute atomic E-state index is 9.72. The SMILES string of the molecule is CCC[CH2][Sn]([Cl])(/[CH]=C\C(C)(C)O)[CH2]CCC. The first-order chi connectivity index (χ1) is 7.33. The van der Waals surface area contributed by atoms with Gasteiger partial charge >= 0.3 is 109 Å². The second-order valence-corrected chi connectivity index (χ2v) is 20.0. The second kappa shape index (κ2) is 7.99. The van der Waals surface area contributed by atoms with Crippen LogP contribution in [0.2, 0.25) is 8.87 Å². The van der Waals surface area contributed by atoms with Gasteiger partial charge in [-0.2, -0.15) is 0 Å². The molecule has 0 fully saturated rings. The van der Waals surface area contributed by atoms with Crippen LogP contribution >= 0.6 is 8.92 Å². The van der Waals surface area contributed by atoms with Crippen molar-refractivity contribution in [3.8, 4) is 0 Å². The fourth-order valence-electron chi connectivity index (χ4n) is 1.59. The number of aliphatic hydroxyl groups is 1. The Bertz CT molecular complexity index is 200. The Morgan fingerprint density at radius 1 is 1.12 bits per heavy atom. The molecule has 3 heteroatoms. The van der Waals surface area contributed by atoms with E-state index in [4.69, 9.17) is 8.92 Å². The molecule has 0 amide bonds. The minimum absolute atomic E-state index is 0.713. The van der Waals surface area contributed by atoms with Crippen molar-refractivity contribution in [3.05, 3.63) is 10.2 Å². The van der Waals surface area contributed by atoms with Gasteiger partial charge in [0.25, 0.3) is 0 Å². The van der Waals surface area contributed by atoms with E-state index in [0.717, 1.165) is 0 Å². The van der Waals surface area contributed by atoms with E-state index in [1.165, 1.54) is 34.6 Å². The maximum atomic E-state index is 9.72. The Hall–Kier alpha value is 0.789. The summed E-state index contributed by atoms with van der Waals surface area (Å²) in [5, 5.41) is 9.72. The molecule has 0 saturated heterocycles. The second-order valence-electron chi connectivity index (χ2n) is 5.23. The molecule has 16 heavy (non-hydrogen) atoms. The summed E-state index contributed by atoms with van der Waals surface area (Å²) < 4.78 is 4.63. The number of hydrogen-bond acceptors (Lipinski definition) is 1. The normalized spacial score (nSPS) is 13.6. The average molecular weight is 354 g/mol. The molecule has 0 aromatic carbocycles. The third-order valence-electron chi connectivity index (χ3n) is 2.68. The molecule has 0 bridgehead atoms. The van der Waals surface area contributed by atoms with Crippen LogP contribution in [-0.4, -0.2) is 28.0 Å². The summed E-state index contributed by atoms with van der Waals surface area (Å²) in [6.07, 6.45) is 6.82. The van der Waals surface area contributed by atoms with Crippen molar-refractivity contribution in [2.45, 2.75) is 67.9 Å². The van der Waals surface area contributed by atoms with E-state index in [-0.39, 0.29) is 0 Å². The van der Waals surface area contributed by atoms with Gasteiger partial charge in [-0.1, -0.05) is 0 Å². The van der Waals surface area contributed by atoms with Gasteiger partial charge in [-0.25, -0.2) is 0 Å². The summed E-state index contributed by atoms with van der Waals surface area (Å²) in [6, 6.07) is 0. The van der Waals surface area contributed by atoms with Gasteiger partial charge in [0.15, 0.2) is 0 Å². The van der Waals surface area contributed by atoms with E-state index in [1.807, 2.05) is 19.9 Å². The van der Waals surface area contributed by atoms with Gasteiger partial charge in [0.2, 0.25) is 0 Å². The topological polar surface area (TPSA) is 20.2 Å². The number of halogens is 1. The predicted molar refractivity (Wildman–Crippen MR) is 76.5 cm³/mol. The van der Waals surface area contributed by atoms with Crippen LogP contribution in [0.15, 0.2) is 10.2 Å². The third-order valence-corrected chi connectivity index (χ3v) is 15.0. The molecule has 0 spiro atoms. The van der Waals surface area contributed by atoms with Crippen molar-refractivity contribution >= 4 is 26.2 Å². The van der Waals surface area contributed by atoms with Crippen LogP contribution in [0.25, 0.3) is 0 Å². The number of unbranched alkanes of at least 4 members (excludes halogenated alkanes) is 2. The van der Waals surface area contributed by atoms with E-state index in [9.17, 15) is 5.11 Å². The van der Waals surface area contributed by atoms with Crippen LogP contribution in [0, 0.1) is 0 Å². The standard InChI is InChI=1S/C5H9O.2C4H9.ClH.Sn/c1-4-5(2,3)6;2*1-3-4-2;;/h1,4,6H,2-3H3;2*1,3-4H2,2H3;1H;/q;;;;+1/p-1. The van der Waals surface area contributed by atoms with Gasteiger partial charge in [-0.3, -0.25) is 0 Å². The van der Waals surface area contributed by atoms with E-state index in [2.05, 4.69) is 17.9 Å². The van der Waals surface area contributed by atoms with Crippen LogP contribution < -0.4 is 0 Å². The van der Waals surface area contributed by atoms with E-state index in [0.29, 0.717) is 0 Å². The van der Waals surface area contributed by atoms with Gasteiger partial charge < -0.3 is 0 Å². The Kier molecular flexibility index (Phi) is 8.38. The van der Waals surface area contributed by atoms with Crippen molar-refractivity contribution in [1.29, 1.82) is 0 Å². The third kappa shape index (κ3) is 8.89. The fourth-order valence-corrected chi connectivity index (χ4v) is 12.9. The molecule has 0 radical (unpaired) electrons.